The van der Waals surface area contributed by atoms with Crippen molar-refractivity contribution in [2.75, 3.05) is 30.3 Å². The molecule has 180 valence electrons. The second kappa shape index (κ2) is 9.77. The Bertz CT molecular complexity index is 1040. The van der Waals surface area contributed by atoms with Crippen LogP contribution in [0.4, 0.5) is 11.8 Å². The summed E-state index contributed by atoms with van der Waals surface area (Å²) in [4.78, 5) is 8.88. The van der Waals surface area contributed by atoms with E-state index in [1.807, 2.05) is 12.1 Å². The second-order valence-corrected chi connectivity index (χ2v) is 10.4. The molecule has 1 unspecified atom stereocenters. The first-order valence-electron chi connectivity index (χ1n) is 12.4. The van der Waals surface area contributed by atoms with E-state index in [1.165, 1.54) is 32.1 Å². The minimum Gasteiger partial charge on any atom is -0.508 e. The van der Waals surface area contributed by atoms with Gasteiger partial charge in [-0.2, -0.15) is 10.2 Å². The number of anilines is 2. The van der Waals surface area contributed by atoms with Gasteiger partial charge in [-0.25, -0.2) is 4.98 Å². The molecule has 4 aliphatic carbocycles. The van der Waals surface area contributed by atoms with Gasteiger partial charge in [0, 0.05) is 31.3 Å². The van der Waals surface area contributed by atoms with Crippen LogP contribution in [-0.4, -0.2) is 45.9 Å². The van der Waals surface area contributed by atoms with Crippen molar-refractivity contribution in [2.24, 2.45) is 23.2 Å². The van der Waals surface area contributed by atoms with Gasteiger partial charge < -0.3 is 26.2 Å². The number of para-hydroxylation sites is 1. The molecule has 1 heterocycles. The Labute approximate surface area is 200 Å². The zero-order valence-corrected chi connectivity index (χ0v) is 19.5. The zero-order chi connectivity index (χ0) is 23.5. The molecule has 4 aliphatic rings. The predicted octanol–water partition coefficient (Wildman–Crippen LogP) is 3.24. The molecule has 5 atom stereocenters. The van der Waals surface area contributed by atoms with Crippen LogP contribution in [0.1, 0.15) is 49.7 Å². The molecule has 0 amide bonds. The highest BCUT2D eigenvalue weighted by molar-refractivity contribution is 5.53. The van der Waals surface area contributed by atoms with Crippen LogP contribution in [0.15, 0.2) is 30.5 Å². The van der Waals surface area contributed by atoms with Gasteiger partial charge in [0.15, 0.2) is 0 Å². The van der Waals surface area contributed by atoms with Crippen LogP contribution in [0.5, 0.6) is 5.75 Å². The molecule has 4 bridgehead atoms. The van der Waals surface area contributed by atoms with Crippen LogP contribution in [0.2, 0.25) is 0 Å². The normalized spacial score (nSPS) is 29.1. The van der Waals surface area contributed by atoms with Gasteiger partial charge >= 0.3 is 0 Å². The average Bonchev–Trinajstić information content (AvgIpc) is 2.84. The summed E-state index contributed by atoms with van der Waals surface area (Å²) in [6.45, 7) is 2.37. The molecule has 1 aromatic carbocycles. The van der Waals surface area contributed by atoms with Crippen molar-refractivity contribution in [1.82, 2.24) is 15.3 Å². The number of aromatic nitrogens is 2. The number of benzene rings is 1. The Hall–Kier alpha value is -2.89. The standard InChI is InChI=1S/C26H34N6O2/c27-13-21-15-30-25(29-14-18-4-1-2-5-22(18)34)32-24(21)31-16-26-10-17-8-19(11-26)23(20(9-17)12-26)28-6-3-7-33/h1-2,4-5,15,17,19-20,23,28,33-34H,3,6-12,14,16H2,(H2,29,30,31,32)/t17?,19-,20+,23-,26+. The molecule has 5 N–H and O–H groups in total. The first kappa shape index (κ1) is 22.9. The number of rotatable bonds is 10. The SMILES string of the molecule is N#Cc1cnc(NCc2ccccc2O)nc1NC[C@@]12CC3C[C@H](C1)[C@@H](NCCCO)[C@@H](C3)C2. The molecule has 0 spiro atoms. The van der Waals surface area contributed by atoms with E-state index in [1.54, 1.807) is 18.3 Å². The largest absolute Gasteiger partial charge is 0.508 e. The van der Waals surface area contributed by atoms with Gasteiger partial charge in [-0.05, 0) is 74.3 Å². The number of phenolic OH excluding ortho intramolecular Hbond substituents is 1. The van der Waals surface area contributed by atoms with Crippen molar-refractivity contribution < 1.29 is 10.2 Å². The van der Waals surface area contributed by atoms with Crippen molar-refractivity contribution in [3.05, 3.63) is 41.6 Å². The molecular formula is C26H34N6O2. The Balaban J connectivity index is 1.25. The van der Waals surface area contributed by atoms with Gasteiger partial charge in [0.05, 0.1) is 6.20 Å². The van der Waals surface area contributed by atoms with Crippen LogP contribution < -0.4 is 16.0 Å². The molecule has 0 radical (unpaired) electrons. The highest BCUT2D eigenvalue weighted by Gasteiger charge is 2.54. The summed E-state index contributed by atoms with van der Waals surface area (Å²) in [6.07, 6.45) is 8.66. The van der Waals surface area contributed by atoms with Gasteiger partial charge in [-0.3, -0.25) is 0 Å². The fourth-order valence-electron chi connectivity index (χ4n) is 6.88. The molecule has 4 saturated carbocycles. The average molecular weight is 463 g/mol. The number of nitrogens with one attached hydrogen (secondary N) is 3. The van der Waals surface area contributed by atoms with Crippen molar-refractivity contribution >= 4 is 11.8 Å². The van der Waals surface area contributed by atoms with Crippen LogP contribution in [0.25, 0.3) is 0 Å². The number of aliphatic hydroxyl groups is 1. The van der Waals surface area contributed by atoms with E-state index in [-0.39, 0.29) is 17.8 Å². The summed E-state index contributed by atoms with van der Waals surface area (Å²) in [5, 5.41) is 39.2. The molecule has 1 aromatic heterocycles. The van der Waals surface area contributed by atoms with Crippen molar-refractivity contribution in [3.63, 3.8) is 0 Å². The van der Waals surface area contributed by atoms with Crippen LogP contribution in [0, 0.1) is 34.5 Å². The topological polar surface area (TPSA) is 126 Å². The Kier molecular flexibility index (Phi) is 6.57. The number of hydrogen-bond acceptors (Lipinski definition) is 8. The van der Waals surface area contributed by atoms with Gasteiger partial charge in [0.2, 0.25) is 5.95 Å². The lowest BCUT2D eigenvalue weighted by Gasteiger charge is -2.60. The summed E-state index contributed by atoms with van der Waals surface area (Å²) in [5.41, 5.74) is 1.47. The summed E-state index contributed by atoms with van der Waals surface area (Å²) < 4.78 is 0. The van der Waals surface area contributed by atoms with E-state index in [0.717, 1.165) is 31.0 Å². The molecular weight excluding hydrogens is 428 g/mol. The van der Waals surface area contributed by atoms with Crippen molar-refractivity contribution in [2.45, 2.75) is 51.1 Å². The Morgan fingerprint density at radius 1 is 1.12 bits per heavy atom. The number of nitrogens with zero attached hydrogens (tertiary/aromatic N) is 3. The number of hydrogen-bond donors (Lipinski definition) is 5. The predicted molar refractivity (Wildman–Crippen MR) is 130 cm³/mol. The summed E-state index contributed by atoms with van der Waals surface area (Å²) >= 11 is 0. The van der Waals surface area contributed by atoms with Gasteiger partial charge in [0.25, 0.3) is 0 Å². The van der Waals surface area contributed by atoms with Gasteiger partial charge in [-0.1, -0.05) is 18.2 Å². The van der Waals surface area contributed by atoms with Gasteiger partial charge in [0.1, 0.15) is 23.2 Å². The lowest BCUT2D eigenvalue weighted by atomic mass is 9.48. The maximum atomic E-state index is 9.99. The van der Waals surface area contributed by atoms with Crippen LogP contribution in [-0.2, 0) is 6.54 Å². The maximum Gasteiger partial charge on any atom is 0.224 e. The first-order chi connectivity index (χ1) is 16.6. The minimum absolute atomic E-state index is 0.230. The van der Waals surface area contributed by atoms with Crippen molar-refractivity contribution in [1.29, 1.82) is 5.26 Å². The fraction of sp³-hybridized carbons (Fsp3) is 0.577. The smallest absolute Gasteiger partial charge is 0.224 e. The second-order valence-electron chi connectivity index (χ2n) is 10.4. The molecule has 8 heteroatoms. The quantitative estimate of drug-likeness (QED) is 0.341. The Morgan fingerprint density at radius 3 is 2.65 bits per heavy atom. The van der Waals surface area contributed by atoms with Crippen LogP contribution >= 0.6 is 0 Å². The summed E-state index contributed by atoms with van der Waals surface area (Å²) in [7, 11) is 0. The number of aliphatic hydroxyl groups excluding tert-OH is 1. The molecule has 34 heavy (non-hydrogen) atoms. The molecule has 8 nitrogen and oxygen atoms in total. The third-order valence-electron chi connectivity index (χ3n) is 8.08. The summed E-state index contributed by atoms with van der Waals surface area (Å²) in [5.74, 6) is 3.43. The maximum absolute atomic E-state index is 9.99. The van der Waals surface area contributed by atoms with Crippen molar-refractivity contribution in [3.8, 4) is 11.8 Å². The molecule has 4 fully saturated rings. The highest BCUT2D eigenvalue weighted by Crippen LogP contribution is 2.60. The van der Waals surface area contributed by atoms with E-state index in [4.69, 9.17) is 5.11 Å². The molecule has 6 rings (SSSR count). The number of aromatic hydroxyl groups is 1. The first-order valence-corrected chi connectivity index (χ1v) is 12.4. The molecule has 0 saturated heterocycles. The van der Waals surface area contributed by atoms with E-state index in [0.29, 0.717) is 41.8 Å². The van der Waals surface area contributed by atoms with E-state index in [9.17, 15) is 10.4 Å². The Morgan fingerprint density at radius 2 is 1.91 bits per heavy atom. The van der Waals surface area contributed by atoms with E-state index in [2.05, 4.69) is 32.0 Å². The number of phenols is 1. The molecule has 0 aliphatic heterocycles. The third kappa shape index (κ3) is 4.68. The zero-order valence-electron chi connectivity index (χ0n) is 19.5. The van der Waals surface area contributed by atoms with E-state index >= 15 is 0 Å². The van der Waals surface area contributed by atoms with Crippen LogP contribution in [0.3, 0.4) is 0 Å². The lowest BCUT2D eigenvalue weighted by molar-refractivity contribution is -0.0694. The molecule has 2 aromatic rings. The number of nitriles is 1. The highest BCUT2D eigenvalue weighted by atomic mass is 16.3. The van der Waals surface area contributed by atoms with Gasteiger partial charge in [-0.15, -0.1) is 0 Å². The minimum atomic E-state index is 0.230. The summed E-state index contributed by atoms with van der Waals surface area (Å²) in [6, 6.07) is 9.96. The van der Waals surface area contributed by atoms with E-state index < -0.39 is 0 Å². The third-order valence-corrected chi connectivity index (χ3v) is 8.08. The lowest BCUT2D eigenvalue weighted by Crippen LogP contribution is -2.59. The fourth-order valence-corrected chi connectivity index (χ4v) is 6.88. The monoisotopic (exact) mass is 462 g/mol.